The fraction of sp³-hybridized carbons (Fsp3) is 0.938. The van der Waals surface area contributed by atoms with Crippen molar-refractivity contribution in [2.75, 3.05) is 6.61 Å². The monoisotopic (exact) mass is 332 g/mol. The van der Waals surface area contributed by atoms with Gasteiger partial charge in [-0.3, -0.25) is 0 Å². The summed E-state index contributed by atoms with van der Waals surface area (Å²) >= 11 is 0. The van der Waals surface area contributed by atoms with E-state index in [2.05, 4.69) is 61.2 Å². The lowest BCUT2D eigenvalue weighted by atomic mass is 10.3. The van der Waals surface area contributed by atoms with Crippen molar-refractivity contribution in [2.45, 2.75) is 90.3 Å². The van der Waals surface area contributed by atoms with Gasteiger partial charge >= 0.3 is 0 Å². The molecule has 0 radical (unpaired) electrons. The Morgan fingerprint density at radius 1 is 0.905 bits per heavy atom. The maximum atomic E-state index is 10.9. The number of carbonyl (C=O) groups excluding carboxylic acids is 1. The summed E-state index contributed by atoms with van der Waals surface area (Å²) in [5.74, 6) is 0. The lowest BCUT2D eigenvalue weighted by Crippen LogP contribution is -2.50. The Labute approximate surface area is 134 Å². The smallest absolute Gasteiger partial charge is 0.200 e. The minimum atomic E-state index is -1.88. The van der Waals surface area contributed by atoms with Crippen LogP contribution in [0.2, 0.25) is 36.3 Å². The molecule has 0 aromatic carbocycles. The summed E-state index contributed by atoms with van der Waals surface area (Å²) in [5.41, 5.74) is 1.67. The molecule has 0 saturated heterocycles. The molecular formula is C16H36O3Si2. The van der Waals surface area contributed by atoms with E-state index in [-0.39, 0.29) is 6.10 Å². The van der Waals surface area contributed by atoms with E-state index in [9.17, 15) is 4.79 Å². The van der Waals surface area contributed by atoms with E-state index in [4.69, 9.17) is 8.85 Å². The molecule has 0 aliphatic carbocycles. The molecule has 0 heterocycles. The van der Waals surface area contributed by atoms with Gasteiger partial charge in [0.15, 0.2) is 16.6 Å². The topological polar surface area (TPSA) is 35.5 Å². The van der Waals surface area contributed by atoms with Gasteiger partial charge < -0.3 is 13.6 Å². The Hall–Kier alpha value is 0.0238. The van der Waals surface area contributed by atoms with Crippen LogP contribution in [-0.2, 0) is 13.6 Å². The zero-order chi connectivity index (χ0) is 16.8. The Balaban J connectivity index is 5.04. The maximum Gasteiger partial charge on any atom is 0.200 e. The van der Waals surface area contributed by atoms with Crippen molar-refractivity contribution in [3.63, 3.8) is 0 Å². The molecule has 0 saturated carbocycles. The number of aldehydes is 1. The number of carbonyl (C=O) groups is 1. The summed E-state index contributed by atoms with van der Waals surface area (Å²) in [6.07, 6.45) is 1.30. The quantitative estimate of drug-likeness (QED) is 0.418. The third-order valence-corrected chi connectivity index (χ3v) is 11.2. The fourth-order valence-corrected chi connectivity index (χ4v) is 10.1. The molecule has 21 heavy (non-hydrogen) atoms. The minimum absolute atomic E-state index is 0.0858. The van der Waals surface area contributed by atoms with Gasteiger partial charge in [-0.05, 0) is 36.3 Å². The van der Waals surface area contributed by atoms with E-state index in [1.807, 2.05) is 0 Å². The maximum absolute atomic E-state index is 10.9. The Bertz CT molecular complexity index is 287. The Morgan fingerprint density at radius 2 is 1.33 bits per heavy atom. The van der Waals surface area contributed by atoms with Crippen LogP contribution >= 0.6 is 0 Å². The van der Waals surface area contributed by atoms with Gasteiger partial charge in [-0.15, -0.1) is 0 Å². The van der Waals surface area contributed by atoms with Crippen LogP contribution in [0.15, 0.2) is 0 Å². The van der Waals surface area contributed by atoms with Crippen LogP contribution < -0.4 is 0 Å². The van der Waals surface area contributed by atoms with E-state index < -0.39 is 16.6 Å². The molecule has 0 N–H and O–H groups in total. The second kappa shape index (κ2) is 8.60. The summed E-state index contributed by atoms with van der Waals surface area (Å²) in [6.45, 7) is 20.7. The predicted octanol–water partition coefficient (Wildman–Crippen LogP) is 4.99. The van der Waals surface area contributed by atoms with Crippen LogP contribution in [0.4, 0.5) is 0 Å². The van der Waals surface area contributed by atoms with Crippen molar-refractivity contribution >= 4 is 22.9 Å². The van der Waals surface area contributed by atoms with Crippen molar-refractivity contribution in [2.24, 2.45) is 0 Å². The molecular weight excluding hydrogens is 296 g/mol. The molecule has 0 rings (SSSR count). The summed E-state index contributed by atoms with van der Waals surface area (Å²) in [4.78, 5) is 10.9. The Kier molecular flexibility index (Phi) is 8.61. The van der Waals surface area contributed by atoms with Gasteiger partial charge in [-0.1, -0.05) is 41.5 Å². The summed E-state index contributed by atoms with van der Waals surface area (Å²) in [7, 11) is -3.53. The van der Waals surface area contributed by atoms with Crippen molar-refractivity contribution < 1.29 is 13.6 Å². The highest BCUT2D eigenvalue weighted by Crippen LogP contribution is 2.42. The first kappa shape index (κ1) is 21.0. The Morgan fingerprint density at radius 3 is 1.62 bits per heavy atom. The predicted molar refractivity (Wildman–Crippen MR) is 95.9 cm³/mol. The number of rotatable bonds is 10. The van der Waals surface area contributed by atoms with Crippen molar-refractivity contribution in [1.82, 2.24) is 0 Å². The second-order valence-electron chi connectivity index (χ2n) is 7.88. The van der Waals surface area contributed by atoms with Crippen molar-refractivity contribution in [3.05, 3.63) is 0 Å². The average molecular weight is 333 g/mol. The summed E-state index contributed by atoms with van der Waals surface area (Å²) in [6, 6.07) is 0. The van der Waals surface area contributed by atoms with Crippen LogP contribution in [0.5, 0.6) is 0 Å². The zero-order valence-corrected chi connectivity index (χ0v) is 17.5. The molecule has 0 amide bonds. The van der Waals surface area contributed by atoms with E-state index in [1.54, 1.807) is 0 Å². The van der Waals surface area contributed by atoms with Gasteiger partial charge in [0.05, 0.1) is 12.7 Å². The standard InChI is InChI=1S/C16H36O3Si2/c1-13(2)21(14(3)4,15(5)6)18-12-16(10-11-17)19-20(7,8)9/h11,13-16H,10,12H2,1-9H3/t16-/m0/s1. The van der Waals surface area contributed by atoms with Gasteiger partial charge in [-0.2, -0.15) is 0 Å². The highest BCUT2D eigenvalue weighted by molar-refractivity contribution is 6.77. The molecule has 3 nitrogen and oxygen atoms in total. The molecule has 5 heteroatoms. The molecule has 0 fully saturated rings. The molecule has 0 bridgehead atoms. The highest BCUT2D eigenvalue weighted by atomic mass is 28.4. The zero-order valence-electron chi connectivity index (χ0n) is 15.5. The van der Waals surface area contributed by atoms with Crippen molar-refractivity contribution in [3.8, 4) is 0 Å². The van der Waals surface area contributed by atoms with Gasteiger partial charge in [0.25, 0.3) is 0 Å². The molecule has 126 valence electrons. The summed E-state index contributed by atoms with van der Waals surface area (Å²) < 4.78 is 12.7. The minimum Gasteiger partial charge on any atom is -0.413 e. The lowest BCUT2D eigenvalue weighted by molar-refractivity contribution is -0.109. The molecule has 1 atom stereocenters. The van der Waals surface area contributed by atoms with Gasteiger partial charge in [0.1, 0.15) is 6.29 Å². The number of hydrogen-bond donors (Lipinski definition) is 0. The fourth-order valence-electron chi connectivity index (χ4n) is 3.49. The SMILES string of the molecule is CC(C)[Si](OC[C@H](CC=O)O[Si](C)(C)C)(C(C)C)C(C)C. The highest BCUT2D eigenvalue weighted by Gasteiger charge is 2.45. The molecule has 0 aromatic rings. The first-order valence-corrected chi connectivity index (χ1v) is 13.8. The molecule has 0 unspecified atom stereocenters. The van der Waals surface area contributed by atoms with Crippen LogP contribution in [0.1, 0.15) is 48.0 Å². The normalized spacial score (nSPS) is 15.0. The largest absolute Gasteiger partial charge is 0.413 e. The molecule has 0 aromatic heterocycles. The van der Waals surface area contributed by atoms with Crippen LogP contribution in [0.3, 0.4) is 0 Å². The molecule has 0 aliphatic heterocycles. The van der Waals surface area contributed by atoms with E-state index in [0.717, 1.165) is 6.29 Å². The molecule has 0 spiro atoms. The molecule has 0 aliphatic rings. The van der Waals surface area contributed by atoms with E-state index in [1.165, 1.54) is 0 Å². The van der Waals surface area contributed by atoms with Crippen LogP contribution in [-0.4, -0.2) is 35.6 Å². The van der Waals surface area contributed by atoms with Gasteiger partial charge in [-0.25, -0.2) is 0 Å². The van der Waals surface area contributed by atoms with Crippen LogP contribution in [0.25, 0.3) is 0 Å². The summed E-state index contributed by atoms with van der Waals surface area (Å²) in [5, 5.41) is 0. The van der Waals surface area contributed by atoms with E-state index >= 15 is 0 Å². The first-order chi connectivity index (χ1) is 9.47. The van der Waals surface area contributed by atoms with E-state index in [0.29, 0.717) is 29.7 Å². The third kappa shape index (κ3) is 6.34. The number of hydrogen-bond acceptors (Lipinski definition) is 3. The second-order valence-corrected chi connectivity index (χ2v) is 17.8. The van der Waals surface area contributed by atoms with Crippen LogP contribution in [0, 0.1) is 0 Å². The third-order valence-electron chi connectivity index (χ3n) is 4.11. The first-order valence-electron chi connectivity index (χ1n) is 8.22. The van der Waals surface area contributed by atoms with Crippen molar-refractivity contribution in [1.29, 1.82) is 0 Å². The average Bonchev–Trinajstić information content (AvgIpc) is 2.26. The lowest BCUT2D eigenvalue weighted by Gasteiger charge is -2.43. The van der Waals surface area contributed by atoms with Gasteiger partial charge in [0.2, 0.25) is 0 Å². The van der Waals surface area contributed by atoms with Gasteiger partial charge in [0, 0.05) is 6.42 Å².